The van der Waals surface area contributed by atoms with E-state index in [0.29, 0.717) is 18.5 Å². The lowest BCUT2D eigenvalue weighted by Gasteiger charge is -2.23. The van der Waals surface area contributed by atoms with Crippen LogP contribution in [0.5, 0.6) is 0 Å². The number of nitrogens with zero attached hydrogens (tertiary/aromatic N) is 5. The molecule has 4 aromatic heterocycles. The van der Waals surface area contributed by atoms with Crippen LogP contribution in [0.3, 0.4) is 0 Å². The van der Waals surface area contributed by atoms with E-state index in [0.717, 1.165) is 59.5 Å². The molecule has 6 rings (SSSR count). The molecule has 0 aliphatic heterocycles. The molecule has 0 N–H and O–H groups in total. The summed E-state index contributed by atoms with van der Waals surface area (Å²) in [5, 5.41) is 9.79. The van der Waals surface area contributed by atoms with E-state index < -0.39 is 0 Å². The summed E-state index contributed by atoms with van der Waals surface area (Å²) in [4.78, 5) is 25.4. The van der Waals surface area contributed by atoms with Crippen LogP contribution in [0.2, 0.25) is 0 Å². The summed E-state index contributed by atoms with van der Waals surface area (Å²) in [6, 6.07) is 10.2. The number of aryl methyl sites for hydroxylation is 1. The van der Waals surface area contributed by atoms with Crippen molar-refractivity contribution in [3.8, 4) is 5.82 Å². The van der Waals surface area contributed by atoms with E-state index in [-0.39, 0.29) is 5.91 Å². The molecule has 6 nitrogen and oxygen atoms in total. The molecule has 156 valence electrons. The van der Waals surface area contributed by atoms with E-state index in [1.165, 1.54) is 5.56 Å². The lowest BCUT2D eigenvalue weighted by Crippen LogP contribution is -2.32. The molecule has 0 unspecified atom stereocenters. The second-order valence-corrected chi connectivity index (χ2v) is 9.33. The van der Waals surface area contributed by atoms with Gasteiger partial charge in [0, 0.05) is 30.4 Å². The van der Waals surface area contributed by atoms with Crippen molar-refractivity contribution in [2.45, 2.75) is 51.1 Å². The number of hydrogen-bond acceptors (Lipinski definition) is 5. The number of thiophene rings is 1. The molecule has 0 spiro atoms. The van der Waals surface area contributed by atoms with Crippen LogP contribution >= 0.6 is 11.3 Å². The summed E-state index contributed by atoms with van der Waals surface area (Å²) < 4.78 is 1.79. The van der Waals surface area contributed by atoms with Crippen molar-refractivity contribution in [3.63, 3.8) is 0 Å². The van der Waals surface area contributed by atoms with E-state index >= 15 is 0 Å². The lowest BCUT2D eigenvalue weighted by molar-refractivity contribution is 0.0732. The zero-order valence-electron chi connectivity index (χ0n) is 17.4. The van der Waals surface area contributed by atoms with Gasteiger partial charge < -0.3 is 4.90 Å². The molecule has 0 atom stereocenters. The van der Waals surface area contributed by atoms with Gasteiger partial charge in [0.1, 0.15) is 0 Å². The van der Waals surface area contributed by atoms with Crippen molar-refractivity contribution in [2.75, 3.05) is 0 Å². The number of aromatic nitrogens is 4. The summed E-state index contributed by atoms with van der Waals surface area (Å²) in [6.45, 7) is 2.61. The van der Waals surface area contributed by atoms with Crippen molar-refractivity contribution in [1.82, 2.24) is 24.6 Å². The van der Waals surface area contributed by atoms with Crippen molar-refractivity contribution >= 4 is 28.3 Å². The topological polar surface area (TPSA) is 63.9 Å². The fraction of sp³-hybridized carbons (Fsp3) is 0.333. The Kier molecular flexibility index (Phi) is 4.38. The van der Waals surface area contributed by atoms with Gasteiger partial charge >= 0.3 is 0 Å². The zero-order valence-corrected chi connectivity index (χ0v) is 18.2. The zero-order chi connectivity index (χ0) is 20.9. The van der Waals surface area contributed by atoms with Crippen molar-refractivity contribution < 1.29 is 4.79 Å². The predicted molar refractivity (Wildman–Crippen MR) is 121 cm³/mol. The van der Waals surface area contributed by atoms with Gasteiger partial charge in [0.05, 0.1) is 16.6 Å². The quantitative estimate of drug-likeness (QED) is 0.439. The van der Waals surface area contributed by atoms with Gasteiger partial charge in [-0.25, -0.2) is 9.97 Å². The maximum absolute atomic E-state index is 13.9. The first-order valence-electron chi connectivity index (χ1n) is 10.8. The average molecular weight is 430 g/mol. The maximum Gasteiger partial charge on any atom is 0.255 e. The second kappa shape index (κ2) is 7.27. The minimum atomic E-state index is 0.0895. The molecule has 0 aromatic carbocycles. The number of amides is 1. The number of fused-ring (bicyclic) bond motifs is 1. The van der Waals surface area contributed by atoms with E-state index in [4.69, 9.17) is 10.1 Å². The smallest absolute Gasteiger partial charge is 0.255 e. The first-order valence-corrected chi connectivity index (χ1v) is 11.8. The van der Waals surface area contributed by atoms with E-state index in [9.17, 15) is 4.79 Å². The number of pyridine rings is 2. The molecular formula is C24H23N5OS. The summed E-state index contributed by atoms with van der Waals surface area (Å²) in [5.41, 5.74) is 4.46. The first-order chi connectivity index (χ1) is 15.2. The van der Waals surface area contributed by atoms with Gasteiger partial charge in [-0.1, -0.05) is 6.07 Å². The Morgan fingerprint density at radius 3 is 2.77 bits per heavy atom. The van der Waals surface area contributed by atoms with Crippen LogP contribution < -0.4 is 0 Å². The summed E-state index contributed by atoms with van der Waals surface area (Å²) in [5.74, 6) is 1.25. The van der Waals surface area contributed by atoms with E-state index in [1.807, 2.05) is 36.1 Å². The summed E-state index contributed by atoms with van der Waals surface area (Å²) in [7, 11) is 0. The largest absolute Gasteiger partial charge is 0.331 e. The highest BCUT2D eigenvalue weighted by atomic mass is 32.1. The first kappa shape index (κ1) is 18.7. The molecule has 2 aliphatic rings. The fourth-order valence-corrected chi connectivity index (χ4v) is 4.85. The minimum absolute atomic E-state index is 0.0895. The third-order valence-corrected chi connectivity index (χ3v) is 6.84. The van der Waals surface area contributed by atoms with Gasteiger partial charge in [-0.15, -0.1) is 0 Å². The van der Waals surface area contributed by atoms with Crippen molar-refractivity contribution in [2.24, 2.45) is 0 Å². The third-order valence-electron chi connectivity index (χ3n) is 6.11. The molecule has 0 saturated heterocycles. The van der Waals surface area contributed by atoms with Crippen LogP contribution in [0.4, 0.5) is 0 Å². The molecule has 1 amide bonds. The van der Waals surface area contributed by atoms with Crippen LogP contribution in [-0.4, -0.2) is 36.6 Å². The molecule has 0 radical (unpaired) electrons. The molecule has 2 saturated carbocycles. The van der Waals surface area contributed by atoms with Gasteiger partial charge in [-0.2, -0.15) is 21.1 Å². The molecule has 7 heteroatoms. The monoisotopic (exact) mass is 429 g/mol. The average Bonchev–Trinajstić information content (AvgIpc) is 3.73. The van der Waals surface area contributed by atoms with Crippen LogP contribution in [0.15, 0.2) is 47.3 Å². The summed E-state index contributed by atoms with van der Waals surface area (Å²) in [6.07, 6.45) is 6.16. The Labute approximate surface area is 184 Å². The molecule has 4 heterocycles. The summed E-state index contributed by atoms with van der Waals surface area (Å²) >= 11 is 1.67. The molecule has 31 heavy (non-hydrogen) atoms. The minimum Gasteiger partial charge on any atom is -0.331 e. The number of rotatable bonds is 6. The second-order valence-electron chi connectivity index (χ2n) is 8.55. The third kappa shape index (κ3) is 3.43. The van der Waals surface area contributed by atoms with Gasteiger partial charge in [0.2, 0.25) is 0 Å². The highest BCUT2D eigenvalue weighted by Crippen LogP contribution is 2.41. The van der Waals surface area contributed by atoms with Crippen LogP contribution in [0.1, 0.15) is 58.9 Å². The fourth-order valence-electron chi connectivity index (χ4n) is 4.19. The van der Waals surface area contributed by atoms with Gasteiger partial charge in [-0.05, 0) is 73.2 Å². The van der Waals surface area contributed by atoms with Crippen molar-refractivity contribution in [3.05, 3.63) is 69.8 Å². The Hall–Kier alpha value is -3.06. The highest BCUT2D eigenvalue weighted by molar-refractivity contribution is 7.07. The Bertz CT molecular complexity index is 1260. The van der Waals surface area contributed by atoms with E-state index in [1.54, 1.807) is 22.2 Å². The number of hydrogen-bond donors (Lipinski definition) is 0. The Morgan fingerprint density at radius 1 is 1.23 bits per heavy atom. The lowest BCUT2D eigenvalue weighted by atomic mass is 10.1. The van der Waals surface area contributed by atoms with Crippen LogP contribution in [-0.2, 0) is 6.54 Å². The highest BCUT2D eigenvalue weighted by Gasteiger charge is 2.36. The SMILES string of the molecule is Cc1nn(-c2ccccn2)c2nc(C3CC3)cc(C(=O)N(Cc3ccsc3)C3CC3)c12. The van der Waals surface area contributed by atoms with Crippen LogP contribution in [0.25, 0.3) is 16.9 Å². The van der Waals surface area contributed by atoms with Gasteiger partial charge in [-0.3, -0.25) is 4.79 Å². The van der Waals surface area contributed by atoms with Gasteiger partial charge in [0.15, 0.2) is 11.5 Å². The normalized spacial score (nSPS) is 16.0. The van der Waals surface area contributed by atoms with E-state index in [2.05, 4.69) is 21.8 Å². The predicted octanol–water partition coefficient (Wildman–Crippen LogP) is 4.87. The molecular weight excluding hydrogens is 406 g/mol. The Balaban J connectivity index is 1.50. The van der Waals surface area contributed by atoms with Crippen LogP contribution in [0, 0.1) is 6.92 Å². The molecule has 0 bridgehead atoms. The standard InChI is InChI=1S/C24H23N5OS/c1-15-22-19(24(30)28(18-7-8-18)13-16-9-11-31-14-16)12-20(17-5-6-17)26-23(22)29(27-15)21-4-2-3-10-25-21/h2-4,9-12,14,17-18H,5-8,13H2,1H3. The van der Waals surface area contributed by atoms with Crippen molar-refractivity contribution in [1.29, 1.82) is 0 Å². The molecule has 2 aliphatic carbocycles. The van der Waals surface area contributed by atoms with Gasteiger partial charge in [0.25, 0.3) is 5.91 Å². The maximum atomic E-state index is 13.9. The number of carbonyl (C=O) groups excluding carboxylic acids is 1. The molecule has 2 fully saturated rings. The Morgan fingerprint density at radius 2 is 2.10 bits per heavy atom. The molecule has 4 aromatic rings. The number of carbonyl (C=O) groups is 1.